The van der Waals surface area contributed by atoms with E-state index in [0.29, 0.717) is 24.0 Å². The zero-order valence-electron chi connectivity index (χ0n) is 15.4. The molecule has 2 aromatic heterocycles. The molecule has 2 heterocycles. The fraction of sp³-hybridized carbons (Fsp3) is 0.765. The van der Waals surface area contributed by atoms with Gasteiger partial charge in [-0.15, -0.1) is 5.10 Å². The van der Waals surface area contributed by atoms with Gasteiger partial charge in [0.05, 0.1) is 12.1 Å². The van der Waals surface area contributed by atoms with Gasteiger partial charge in [0.1, 0.15) is 0 Å². The molecule has 1 aliphatic carbocycles. The van der Waals surface area contributed by atoms with Gasteiger partial charge in [0.2, 0.25) is 0 Å². The van der Waals surface area contributed by atoms with Crippen LogP contribution in [0, 0.1) is 5.92 Å². The summed E-state index contributed by atoms with van der Waals surface area (Å²) in [6.07, 6.45) is 3.94. The number of unbranched alkanes of at least 4 members (excludes halogenated alkanes) is 1. The lowest BCUT2D eigenvalue weighted by Crippen LogP contribution is -2.16. The molecule has 1 saturated carbocycles. The van der Waals surface area contributed by atoms with Crippen LogP contribution >= 0.6 is 11.8 Å². The predicted octanol–water partition coefficient (Wildman–Crippen LogP) is 2.24. The average molecular weight is 381 g/mol. The van der Waals surface area contributed by atoms with Gasteiger partial charge in [-0.25, -0.2) is 14.6 Å². The van der Waals surface area contributed by atoms with E-state index in [0.717, 1.165) is 42.5 Å². The number of aliphatic hydroxyl groups excluding tert-OH is 2. The maximum atomic E-state index is 10.1. The zero-order valence-corrected chi connectivity index (χ0v) is 16.2. The van der Waals surface area contributed by atoms with Crippen LogP contribution in [0.2, 0.25) is 0 Å². The molecular weight excluding hydrogens is 352 g/mol. The standard InChI is InChI=1S/C17H28N6O2S/c1-3-5-6-18-15-14-16(20-17(19-15)26-7-4-2)23(22-21-14)12-8-11(10-24)13(25)9-12/h11-13,24-25H,3-10H2,1-2H3,(H,18,19,20)/t11-,12-,13+/m0/s1. The van der Waals surface area contributed by atoms with Gasteiger partial charge in [-0.05, 0) is 25.7 Å². The second kappa shape index (κ2) is 8.96. The third kappa shape index (κ3) is 4.10. The molecule has 3 atom stereocenters. The molecule has 0 bridgehead atoms. The smallest absolute Gasteiger partial charge is 0.191 e. The van der Waals surface area contributed by atoms with Crippen molar-refractivity contribution in [3.8, 4) is 0 Å². The van der Waals surface area contributed by atoms with E-state index in [9.17, 15) is 10.2 Å². The molecule has 144 valence electrons. The number of nitrogens with one attached hydrogen (secondary N) is 1. The highest BCUT2D eigenvalue weighted by molar-refractivity contribution is 7.99. The van der Waals surface area contributed by atoms with Crippen molar-refractivity contribution < 1.29 is 10.2 Å². The first-order chi connectivity index (χ1) is 12.7. The highest BCUT2D eigenvalue weighted by Crippen LogP contribution is 2.36. The predicted molar refractivity (Wildman–Crippen MR) is 102 cm³/mol. The van der Waals surface area contributed by atoms with Crippen LogP contribution in [0.4, 0.5) is 5.82 Å². The molecule has 8 nitrogen and oxygen atoms in total. The maximum Gasteiger partial charge on any atom is 0.191 e. The van der Waals surface area contributed by atoms with Gasteiger partial charge in [-0.1, -0.05) is 37.2 Å². The number of rotatable bonds is 9. The zero-order chi connectivity index (χ0) is 18.5. The van der Waals surface area contributed by atoms with E-state index < -0.39 is 6.10 Å². The number of hydrogen-bond donors (Lipinski definition) is 3. The number of anilines is 1. The summed E-state index contributed by atoms with van der Waals surface area (Å²) in [5.41, 5.74) is 1.37. The highest BCUT2D eigenvalue weighted by atomic mass is 32.2. The van der Waals surface area contributed by atoms with Crippen LogP contribution in [-0.4, -0.2) is 60.2 Å². The Labute approximate surface area is 157 Å². The minimum Gasteiger partial charge on any atom is -0.396 e. The van der Waals surface area contributed by atoms with Gasteiger partial charge in [-0.3, -0.25) is 0 Å². The van der Waals surface area contributed by atoms with E-state index >= 15 is 0 Å². The molecule has 0 aliphatic heterocycles. The van der Waals surface area contributed by atoms with Crippen molar-refractivity contribution in [3.05, 3.63) is 0 Å². The lowest BCUT2D eigenvalue weighted by Gasteiger charge is -2.11. The molecule has 1 fully saturated rings. The summed E-state index contributed by atoms with van der Waals surface area (Å²) in [6.45, 7) is 5.11. The molecule has 0 unspecified atom stereocenters. The van der Waals surface area contributed by atoms with E-state index in [1.807, 2.05) is 0 Å². The average Bonchev–Trinajstić information content (AvgIpc) is 3.23. The SMILES string of the molecule is CCCCNc1nc(SCCC)nc2c1nnn2[C@H]1C[C@@H](CO)[C@H](O)C1. The van der Waals surface area contributed by atoms with Crippen molar-refractivity contribution in [1.82, 2.24) is 25.0 Å². The monoisotopic (exact) mass is 380 g/mol. The van der Waals surface area contributed by atoms with Crippen LogP contribution in [0.1, 0.15) is 52.0 Å². The fourth-order valence-corrected chi connectivity index (χ4v) is 3.98. The van der Waals surface area contributed by atoms with Crippen LogP contribution in [0.15, 0.2) is 5.16 Å². The highest BCUT2D eigenvalue weighted by Gasteiger charge is 2.35. The van der Waals surface area contributed by atoms with Gasteiger partial charge in [0.25, 0.3) is 0 Å². The molecule has 3 rings (SSSR count). The van der Waals surface area contributed by atoms with Crippen molar-refractivity contribution in [1.29, 1.82) is 0 Å². The molecule has 0 saturated heterocycles. The summed E-state index contributed by atoms with van der Waals surface area (Å²) in [6, 6.07) is -0.00503. The number of hydrogen-bond acceptors (Lipinski definition) is 8. The van der Waals surface area contributed by atoms with E-state index in [-0.39, 0.29) is 18.6 Å². The van der Waals surface area contributed by atoms with Crippen molar-refractivity contribution in [3.63, 3.8) is 0 Å². The van der Waals surface area contributed by atoms with E-state index in [2.05, 4.69) is 39.4 Å². The van der Waals surface area contributed by atoms with Gasteiger partial charge < -0.3 is 15.5 Å². The number of nitrogens with zero attached hydrogens (tertiary/aromatic N) is 5. The number of aromatic nitrogens is 5. The Kier molecular flexibility index (Phi) is 6.66. The maximum absolute atomic E-state index is 10.1. The molecule has 0 aromatic carbocycles. The van der Waals surface area contributed by atoms with E-state index in [1.54, 1.807) is 16.4 Å². The van der Waals surface area contributed by atoms with Crippen LogP contribution in [0.5, 0.6) is 0 Å². The van der Waals surface area contributed by atoms with Crippen LogP contribution < -0.4 is 5.32 Å². The third-order valence-electron chi connectivity index (χ3n) is 4.77. The Bertz CT molecular complexity index is 725. The first-order valence-electron chi connectivity index (χ1n) is 9.46. The second-order valence-corrected chi connectivity index (χ2v) is 7.89. The molecule has 0 amide bonds. The normalized spacial score (nSPS) is 23.0. The number of thioether (sulfide) groups is 1. The Balaban J connectivity index is 1.93. The topological polar surface area (TPSA) is 109 Å². The minimum atomic E-state index is -0.512. The molecule has 9 heteroatoms. The van der Waals surface area contributed by atoms with E-state index in [1.165, 1.54) is 0 Å². The second-order valence-electron chi connectivity index (χ2n) is 6.83. The summed E-state index contributed by atoms with van der Waals surface area (Å²) in [4.78, 5) is 9.32. The summed E-state index contributed by atoms with van der Waals surface area (Å²) >= 11 is 1.63. The summed E-state index contributed by atoms with van der Waals surface area (Å²) < 4.78 is 1.80. The Morgan fingerprint density at radius 1 is 1.23 bits per heavy atom. The Hall–Kier alpha value is -1.45. The van der Waals surface area contributed by atoms with Crippen LogP contribution in [0.25, 0.3) is 11.2 Å². The molecular formula is C17H28N6O2S. The Morgan fingerprint density at radius 3 is 2.77 bits per heavy atom. The summed E-state index contributed by atoms with van der Waals surface area (Å²) in [5.74, 6) is 1.57. The van der Waals surface area contributed by atoms with E-state index in [4.69, 9.17) is 0 Å². The summed E-state index contributed by atoms with van der Waals surface area (Å²) in [7, 11) is 0. The van der Waals surface area contributed by atoms with Crippen LogP contribution in [-0.2, 0) is 0 Å². The third-order valence-corrected chi connectivity index (χ3v) is 5.83. The van der Waals surface area contributed by atoms with Crippen LogP contribution in [0.3, 0.4) is 0 Å². The van der Waals surface area contributed by atoms with Gasteiger partial charge >= 0.3 is 0 Å². The fourth-order valence-electron chi connectivity index (χ4n) is 3.29. The first-order valence-corrected chi connectivity index (χ1v) is 10.4. The summed E-state index contributed by atoms with van der Waals surface area (Å²) in [5, 5.41) is 32.3. The van der Waals surface area contributed by atoms with Gasteiger partial charge in [0, 0.05) is 24.8 Å². The largest absolute Gasteiger partial charge is 0.396 e. The number of aliphatic hydroxyl groups is 2. The molecule has 3 N–H and O–H groups in total. The van der Waals surface area contributed by atoms with Crippen molar-refractivity contribution in [2.45, 2.75) is 63.3 Å². The Morgan fingerprint density at radius 2 is 2.08 bits per heavy atom. The molecule has 0 spiro atoms. The lowest BCUT2D eigenvalue weighted by atomic mass is 10.1. The molecule has 0 radical (unpaired) electrons. The van der Waals surface area contributed by atoms with Crippen molar-refractivity contribution in [2.75, 3.05) is 24.2 Å². The van der Waals surface area contributed by atoms with Crippen molar-refractivity contribution >= 4 is 28.7 Å². The first kappa shape index (κ1) is 19.3. The quantitative estimate of drug-likeness (QED) is 0.345. The minimum absolute atomic E-state index is 0.00503. The van der Waals surface area contributed by atoms with Gasteiger partial charge in [-0.2, -0.15) is 0 Å². The lowest BCUT2D eigenvalue weighted by molar-refractivity contribution is 0.0906. The van der Waals surface area contributed by atoms with Crippen molar-refractivity contribution in [2.24, 2.45) is 5.92 Å². The molecule has 26 heavy (non-hydrogen) atoms. The van der Waals surface area contributed by atoms with Gasteiger partial charge in [0.15, 0.2) is 22.1 Å². The molecule has 2 aromatic rings. The molecule has 1 aliphatic rings. The number of fused-ring (bicyclic) bond motifs is 1.